The van der Waals surface area contributed by atoms with E-state index in [1.54, 1.807) is 0 Å². The predicted molar refractivity (Wildman–Crippen MR) is 44.9 cm³/mol. The van der Waals surface area contributed by atoms with E-state index in [1.165, 1.54) is 0 Å². The first-order chi connectivity index (χ1) is 3.13. The Balaban J connectivity index is -0.000000180. The fourth-order valence-corrected chi connectivity index (χ4v) is 0.667. The third kappa shape index (κ3) is 17.6. The van der Waals surface area contributed by atoms with Gasteiger partial charge >= 0.3 is 0 Å². The van der Waals surface area contributed by atoms with Crippen molar-refractivity contribution in [1.29, 1.82) is 0 Å². The minimum absolute atomic E-state index is 0. The van der Waals surface area contributed by atoms with Gasteiger partial charge in [-0.25, -0.2) is 0 Å². The Hall–Kier alpha value is 1.15. The first-order valence-electron chi connectivity index (χ1n) is 2.89. The van der Waals surface area contributed by atoms with Crippen LogP contribution < -0.4 is 5.32 Å². The molecule has 1 nitrogen and oxygen atoms in total. The molecule has 46 valence electrons. The van der Waals surface area contributed by atoms with E-state index in [-0.39, 0.29) is 37.7 Å². The molecule has 0 aliphatic carbocycles. The first kappa shape index (κ1) is 16.6. The molecule has 2 radical (unpaired) electrons. The van der Waals surface area contributed by atoms with Gasteiger partial charge in [-0.1, -0.05) is 27.7 Å². The zero-order chi connectivity index (χ0) is 5.86. The normalized spacial score (nSPS) is 8.67. The molecule has 0 rings (SSSR count). The Kier molecular flexibility index (Phi) is 16.9. The summed E-state index contributed by atoms with van der Waals surface area (Å²) in [6.45, 7) is 8.61. The van der Waals surface area contributed by atoms with Gasteiger partial charge in [0.25, 0.3) is 0 Å². The average Bonchev–Trinajstić information content (AvgIpc) is 1.27. The van der Waals surface area contributed by atoms with Crippen molar-refractivity contribution < 1.29 is 0 Å². The van der Waals surface area contributed by atoms with Crippen molar-refractivity contribution in [3.8, 4) is 0 Å². The fourth-order valence-electron chi connectivity index (χ4n) is 0.667. The molecule has 0 aromatic rings. The third-order valence-corrected chi connectivity index (χ3v) is 0.667. The SMILES string of the molecule is CC(C)NC(C)C.[Li].[Li]. The predicted octanol–water partition coefficient (Wildman–Crippen LogP) is 0.631. The summed E-state index contributed by atoms with van der Waals surface area (Å²) in [4.78, 5) is 0. The monoisotopic (exact) mass is 115 g/mol. The van der Waals surface area contributed by atoms with Crippen LogP contribution >= 0.6 is 0 Å². The van der Waals surface area contributed by atoms with Crippen molar-refractivity contribution in [2.75, 3.05) is 0 Å². The van der Waals surface area contributed by atoms with Gasteiger partial charge in [-0.15, -0.1) is 0 Å². The molecule has 0 fully saturated rings. The molecule has 3 heteroatoms. The standard InChI is InChI=1S/C6H15N.2Li/c1-5(2)7-6(3)4;;/h5-7H,1-4H3;;. The molecule has 0 unspecified atom stereocenters. The Labute approximate surface area is 82.7 Å². The summed E-state index contributed by atoms with van der Waals surface area (Å²) in [6, 6.07) is 1.25. The zero-order valence-electron chi connectivity index (χ0n) is 7.65. The van der Waals surface area contributed by atoms with Crippen molar-refractivity contribution in [3.63, 3.8) is 0 Å². The summed E-state index contributed by atoms with van der Waals surface area (Å²) in [6.07, 6.45) is 0. The smallest absolute Gasteiger partial charge is 0.00127 e. The van der Waals surface area contributed by atoms with Crippen LogP contribution in [0.4, 0.5) is 0 Å². The molecular weight excluding hydrogens is 100.0 g/mol. The Morgan fingerprint density at radius 1 is 0.778 bits per heavy atom. The number of rotatable bonds is 2. The third-order valence-electron chi connectivity index (χ3n) is 0.667. The van der Waals surface area contributed by atoms with Crippen LogP contribution in [0, 0.1) is 0 Å². The molecule has 0 aromatic carbocycles. The van der Waals surface area contributed by atoms with E-state index in [9.17, 15) is 0 Å². The minimum Gasteiger partial charge on any atom is -0.312 e. The van der Waals surface area contributed by atoms with Crippen molar-refractivity contribution in [2.24, 2.45) is 0 Å². The van der Waals surface area contributed by atoms with Crippen LogP contribution in [0.15, 0.2) is 0 Å². The molecule has 0 saturated heterocycles. The van der Waals surface area contributed by atoms with E-state index in [0.29, 0.717) is 12.1 Å². The second-order valence-electron chi connectivity index (χ2n) is 2.48. The van der Waals surface area contributed by atoms with Crippen LogP contribution in [-0.4, -0.2) is 49.8 Å². The van der Waals surface area contributed by atoms with Gasteiger partial charge in [-0.05, 0) is 0 Å². The summed E-state index contributed by atoms with van der Waals surface area (Å²) in [5.74, 6) is 0. The molecule has 0 aromatic heterocycles. The van der Waals surface area contributed by atoms with Crippen molar-refractivity contribution >= 4 is 37.7 Å². The van der Waals surface area contributed by atoms with Gasteiger partial charge in [0.1, 0.15) is 0 Å². The minimum atomic E-state index is 0. The van der Waals surface area contributed by atoms with Gasteiger partial charge in [0.05, 0.1) is 0 Å². The van der Waals surface area contributed by atoms with Crippen LogP contribution in [0.1, 0.15) is 27.7 Å². The molecule has 0 amide bonds. The molecule has 9 heavy (non-hydrogen) atoms. The maximum atomic E-state index is 3.31. The first-order valence-corrected chi connectivity index (χ1v) is 2.89. The van der Waals surface area contributed by atoms with Gasteiger partial charge in [0.2, 0.25) is 0 Å². The van der Waals surface area contributed by atoms with Crippen LogP contribution in [-0.2, 0) is 0 Å². The molecule has 0 aliphatic rings. The summed E-state index contributed by atoms with van der Waals surface area (Å²) < 4.78 is 0. The van der Waals surface area contributed by atoms with Crippen molar-refractivity contribution in [1.82, 2.24) is 5.32 Å². The van der Waals surface area contributed by atoms with Crippen molar-refractivity contribution in [2.45, 2.75) is 39.8 Å². The number of hydrogen-bond acceptors (Lipinski definition) is 1. The van der Waals surface area contributed by atoms with E-state index < -0.39 is 0 Å². The molecule has 0 atom stereocenters. The van der Waals surface area contributed by atoms with Crippen LogP contribution in [0.25, 0.3) is 0 Å². The van der Waals surface area contributed by atoms with Gasteiger partial charge < -0.3 is 5.32 Å². The summed E-state index contributed by atoms with van der Waals surface area (Å²) >= 11 is 0. The van der Waals surface area contributed by atoms with Crippen LogP contribution in [0.5, 0.6) is 0 Å². The Bertz CT molecular complexity index is 40.3. The molecule has 0 heterocycles. The largest absolute Gasteiger partial charge is 0.312 e. The molecular formula is C6H15Li2N. The van der Waals surface area contributed by atoms with E-state index in [1.807, 2.05) is 0 Å². The van der Waals surface area contributed by atoms with E-state index in [2.05, 4.69) is 33.0 Å². The van der Waals surface area contributed by atoms with E-state index in [4.69, 9.17) is 0 Å². The molecule has 0 bridgehead atoms. The maximum Gasteiger partial charge on any atom is 0.00127 e. The molecule has 0 aliphatic heterocycles. The quantitative estimate of drug-likeness (QED) is 0.520. The van der Waals surface area contributed by atoms with E-state index >= 15 is 0 Å². The second-order valence-corrected chi connectivity index (χ2v) is 2.48. The summed E-state index contributed by atoms with van der Waals surface area (Å²) in [7, 11) is 0. The Morgan fingerprint density at radius 2 is 1.00 bits per heavy atom. The average molecular weight is 115 g/mol. The van der Waals surface area contributed by atoms with Gasteiger partial charge in [-0.3, -0.25) is 0 Å². The number of nitrogens with one attached hydrogen (secondary N) is 1. The van der Waals surface area contributed by atoms with E-state index in [0.717, 1.165) is 0 Å². The number of hydrogen-bond donors (Lipinski definition) is 1. The second kappa shape index (κ2) is 9.15. The molecule has 0 saturated carbocycles. The topological polar surface area (TPSA) is 12.0 Å². The summed E-state index contributed by atoms with van der Waals surface area (Å²) in [5.41, 5.74) is 0. The van der Waals surface area contributed by atoms with Gasteiger partial charge in [0, 0.05) is 49.8 Å². The van der Waals surface area contributed by atoms with Gasteiger partial charge in [-0.2, -0.15) is 0 Å². The molecule has 0 spiro atoms. The zero-order valence-corrected chi connectivity index (χ0v) is 7.65. The maximum absolute atomic E-state index is 3.31. The van der Waals surface area contributed by atoms with Crippen molar-refractivity contribution in [3.05, 3.63) is 0 Å². The van der Waals surface area contributed by atoms with Gasteiger partial charge in [0.15, 0.2) is 0 Å². The van der Waals surface area contributed by atoms with Crippen LogP contribution in [0.3, 0.4) is 0 Å². The molecule has 1 N–H and O–H groups in total. The summed E-state index contributed by atoms with van der Waals surface area (Å²) in [5, 5.41) is 3.31. The fraction of sp³-hybridized carbons (Fsp3) is 1.00. The Morgan fingerprint density at radius 3 is 1.00 bits per heavy atom. The van der Waals surface area contributed by atoms with Crippen LogP contribution in [0.2, 0.25) is 0 Å².